The Morgan fingerprint density at radius 2 is 1.93 bits per heavy atom. The number of oxazole rings is 1. The molecular formula is C22H30IN5OS. The summed E-state index contributed by atoms with van der Waals surface area (Å²) in [6.07, 6.45) is 2.62. The Kier molecular flexibility index (Phi) is 9.29. The third kappa shape index (κ3) is 7.09. The highest BCUT2D eigenvalue weighted by molar-refractivity contribution is 14.0. The van der Waals surface area contributed by atoms with Crippen LogP contribution in [-0.2, 0) is 18.4 Å². The topological polar surface area (TPSA) is 75.3 Å². The van der Waals surface area contributed by atoms with E-state index >= 15 is 0 Å². The van der Waals surface area contributed by atoms with E-state index in [0.29, 0.717) is 12.4 Å². The van der Waals surface area contributed by atoms with Crippen molar-refractivity contribution in [3.05, 3.63) is 59.3 Å². The molecule has 0 spiro atoms. The predicted octanol–water partition coefficient (Wildman–Crippen LogP) is 5.01. The van der Waals surface area contributed by atoms with E-state index in [1.165, 1.54) is 0 Å². The Morgan fingerprint density at radius 1 is 1.17 bits per heavy atom. The van der Waals surface area contributed by atoms with Gasteiger partial charge in [0.1, 0.15) is 17.3 Å². The van der Waals surface area contributed by atoms with Crippen LogP contribution < -0.4 is 10.6 Å². The molecule has 1 aromatic carbocycles. The van der Waals surface area contributed by atoms with Crippen LogP contribution in [0.1, 0.15) is 45.0 Å². The average molecular weight is 539 g/mol. The summed E-state index contributed by atoms with van der Waals surface area (Å²) in [6.45, 7) is 10.3. The third-order valence-corrected chi connectivity index (χ3v) is 5.20. The molecule has 6 nitrogen and oxygen atoms in total. The molecule has 0 aliphatic carbocycles. The molecule has 2 N–H and O–H groups in total. The number of aliphatic imine (C=N–C) groups is 1. The molecule has 30 heavy (non-hydrogen) atoms. The number of nitrogens with zero attached hydrogens (tertiary/aromatic N) is 3. The minimum atomic E-state index is -0.0517. The SMILES string of the molecule is CCNC(=NCc1ncc(C(C)(C)C)o1)NCCc1csc(-c2ccccc2)n1.I. The molecule has 3 aromatic rings. The van der Waals surface area contributed by atoms with E-state index < -0.39 is 0 Å². The van der Waals surface area contributed by atoms with Gasteiger partial charge in [0.15, 0.2) is 5.96 Å². The van der Waals surface area contributed by atoms with Crippen molar-refractivity contribution in [2.75, 3.05) is 13.1 Å². The van der Waals surface area contributed by atoms with Crippen molar-refractivity contribution in [2.24, 2.45) is 4.99 Å². The second kappa shape index (κ2) is 11.5. The molecule has 0 amide bonds. The molecular weight excluding hydrogens is 509 g/mol. The smallest absolute Gasteiger partial charge is 0.216 e. The Balaban J connectivity index is 0.00000320. The van der Waals surface area contributed by atoms with Crippen molar-refractivity contribution in [1.29, 1.82) is 0 Å². The van der Waals surface area contributed by atoms with Gasteiger partial charge in [-0.25, -0.2) is 15.0 Å². The number of halogens is 1. The van der Waals surface area contributed by atoms with Crippen LogP contribution in [0.3, 0.4) is 0 Å². The van der Waals surface area contributed by atoms with Crippen molar-refractivity contribution in [3.63, 3.8) is 0 Å². The maximum Gasteiger partial charge on any atom is 0.216 e. The molecule has 2 heterocycles. The maximum absolute atomic E-state index is 5.81. The number of aromatic nitrogens is 2. The van der Waals surface area contributed by atoms with Crippen LogP contribution in [-0.4, -0.2) is 29.0 Å². The molecule has 0 saturated carbocycles. The number of thiazole rings is 1. The first-order valence-corrected chi connectivity index (χ1v) is 10.8. The molecule has 0 saturated heterocycles. The second-order valence-corrected chi connectivity index (χ2v) is 8.61. The van der Waals surface area contributed by atoms with E-state index in [4.69, 9.17) is 9.40 Å². The Morgan fingerprint density at radius 3 is 2.60 bits per heavy atom. The molecule has 0 aliphatic heterocycles. The van der Waals surface area contributed by atoms with Gasteiger partial charge in [-0.05, 0) is 6.92 Å². The summed E-state index contributed by atoms with van der Waals surface area (Å²) in [5, 5.41) is 9.79. The lowest BCUT2D eigenvalue weighted by Crippen LogP contribution is -2.38. The molecule has 3 rings (SSSR count). The van der Waals surface area contributed by atoms with E-state index in [2.05, 4.69) is 58.9 Å². The number of rotatable bonds is 7. The van der Waals surface area contributed by atoms with Gasteiger partial charge >= 0.3 is 0 Å². The molecule has 0 radical (unpaired) electrons. The van der Waals surface area contributed by atoms with Gasteiger partial charge in [-0.1, -0.05) is 51.1 Å². The normalized spacial score (nSPS) is 11.8. The zero-order valence-electron chi connectivity index (χ0n) is 17.9. The highest BCUT2D eigenvalue weighted by atomic mass is 127. The van der Waals surface area contributed by atoms with Gasteiger partial charge < -0.3 is 15.1 Å². The highest BCUT2D eigenvalue weighted by Crippen LogP contribution is 2.24. The van der Waals surface area contributed by atoms with Gasteiger partial charge in [0.2, 0.25) is 5.89 Å². The quantitative estimate of drug-likeness (QED) is 0.251. The van der Waals surface area contributed by atoms with Gasteiger partial charge in [-0.2, -0.15) is 0 Å². The van der Waals surface area contributed by atoms with Gasteiger partial charge in [0.25, 0.3) is 0 Å². The van der Waals surface area contributed by atoms with E-state index in [0.717, 1.165) is 47.5 Å². The standard InChI is InChI=1S/C22H29N5OS.HI/c1-5-23-21(26-14-19-25-13-18(28-19)22(2,3)4)24-12-11-17-15-29-20(27-17)16-9-7-6-8-10-16;/h6-10,13,15H,5,11-12,14H2,1-4H3,(H2,23,24,26);1H. The van der Waals surface area contributed by atoms with Crippen LogP contribution in [0.15, 0.2) is 51.3 Å². The molecule has 0 bridgehead atoms. The summed E-state index contributed by atoms with van der Waals surface area (Å²) in [6, 6.07) is 10.3. The Labute approximate surface area is 199 Å². The fourth-order valence-corrected chi connectivity index (χ4v) is 3.52. The lowest BCUT2D eigenvalue weighted by atomic mass is 9.94. The summed E-state index contributed by atoms with van der Waals surface area (Å²) in [5.74, 6) is 2.25. The molecule has 2 aromatic heterocycles. The van der Waals surface area contributed by atoms with Crippen LogP contribution in [0.4, 0.5) is 0 Å². The molecule has 8 heteroatoms. The second-order valence-electron chi connectivity index (χ2n) is 7.75. The predicted molar refractivity (Wildman–Crippen MR) is 135 cm³/mol. The summed E-state index contributed by atoms with van der Waals surface area (Å²) in [5.41, 5.74) is 2.19. The van der Waals surface area contributed by atoms with Crippen LogP contribution in [0, 0.1) is 0 Å². The number of nitrogens with one attached hydrogen (secondary N) is 2. The fourth-order valence-electron chi connectivity index (χ4n) is 2.66. The maximum atomic E-state index is 5.81. The van der Waals surface area contributed by atoms with Crippen molar-refractivity contribution >= 4 is 41.3 Å². The van der Waals surface area contributed by atoms with Crippen molar-refractivity contribution in [1.82, 2.24) is 20.6 Å². The largest absolute Gasteiger partial charge is 0.443 e. The molecule has 0 unspecified atom stereocenters. The van der Waals surface area contributed by atoms with Gasteiger partial charge in [-0.3, -0.25) is 0 Å². The monoisotopic (exact) mass is 539 g/mol. The first-order valence-electron chi connectivity index (χ1n) is 9.93. The molecule has 0 fully saturated rings. The first-order chi connectivity index (χ1) is 14.0. The summed E-state index contributed by atoms with van der Waals surface area (Å²) < 4.78 is 5.81. The summed E-state index contributed by atoms with van der Waals surface area (Å²) in [4.78, 5) is 13.7. The van der Waals surface area contributed by atoms with Crippen molar-refractivity contribution < 1.29 is 4.42 Å². The van der Waals surface area contributed by atoms with Crippen LogP contribution in [0.5, 0.6) is 0 Å². The first kappa shape index (κ1) is 24.3. The van der Waals surface area contributed by atoms with Gasteiger partial charge in [0.05, 0.1) is 11.9 Å². The minimum absolute atomic E-state index is 0. The Hall–Kier alpha value is -1.94. The number of guanidine groups is 1. The van der Waals surface area contributed by atoms with Crippen molar-refractivity contribution in [2.45, 2.75) is 46.1 Å². The van der Waals surface area contributed by atoms with Crippen LogP contribution >= 0.6 is 35.3 Å². The number of hydrogen-bond acceptors (Lipinski definition) is 5. The zero-order chi connectivity index (χ0) is 20.7. The zero-order valence-corrected chi connectivity index (χ0v) is 21.1. The lowest BCUT2D eigenvalue weighted by molar-refractivity contribution is 0.383. The van der Waals surface area contributed by atoms with Gasteiger partial charge in [-0.15, -0.1) is 35.3 Å². The summed E-state index contributed by atoms with van der Waals surface area (Å²) in [7, 11) is 0. The van der Waals surface area contributed by atoms with E-state index in [1.807, 2.05) is 25.1 Å². The lowest BCUT2D eigenvalue weighted by Gasteiger charge is -2.13. The summed E-state index contributed by atoms with van der Waals surface area (Å²) >= 11 is 1.68. The third-order valence-electron chi connectivity index (χ3n) is 4.26. The molecule has 0 atom stereocenters. The molecule has 0 aliphatic rings. The molecule has 162 valence electrons. The fraction of sp³-hybridized carbons (Fsp3) is 0.409. The van der Waals surface area contributed by atoms with E-state index in [1.54, 1.807) is 17.5 Å². The highest BCUT2D eigenvalue weighted by Gasteiger charge is 2.19. The van der Waals surface area contributed by atoms with E-state index in [-0.39, 0.29) is 29.4 Å². The number of benzene rings is 1. The van der Waals surface area contributed by atoms with Crippen LogP contribution in [0.2, 0.25) is 0 Å². The van der Waals surface area contributed by atoms with E-state index in [9.17, 15) is 0 Å². The van der Waals surface area contributed by atoms with Gasteiger partial charge in [0, 0.05) is 35.9 Å². The van der Waals surface area contributed by atoms with Crippen LogP contribution in [0.25, 0.3) is 10.6 Å². The Bertz CT molecular complexity index is 930. The minimum Gasteiger partial charge on any atom is -0.443 e. The van der Waals surface area contributed by atoms with Crippen molar-refractivity contribution in [3.8, 4) is 10.6 Å². The number of hydrogen-bond donors (Lipinski definition) is 2. The average Bonchev–Trinajstić information content (AvgIpc) is 3.36.